The van der Waals surface area contributed by atoms with Crippen LogP contribution in [0.5, 0.6) is 0 Å². The minimum absolute atomic E-state index is 0.164. The Morgan fingerprint density at radius 3 is 2.67 bits per heavy atom. The first-order valence-electron chi connectivity index (χ1n) is 3.14. The van der Waals surface area contributed by atoms with E-state index in [1.54, 1.807) is 6.07 Å². The third-order valence-corrected chi connectivity index (χ3v) is 1.77. The van der Waals surface area contributed by atoms with Gasteiger partial charge in [-0.15, -0.1) is 0 Å². The number of hydrogen-bond donors (Lipinski definition) is 3. The summed E-state index contributed by atoms with van der Waals surface area (Å²) < 4.78 is 2.63. The van der Waals surface area contributed by atoms with Gasteiger partial charge in [0.05, 0.1) is 5.56 Å². The molecule has 4 nitrogen and oxygen atoms in total. The van der Waals surface area contributed by atoms with E-state index in [1.165, 1.54) is 12.1 Å². The standard InChI is InChI=1S/C7H7BrN2O2/c8-10-6-2-4(7(11)12)1-5(9)3-6/h1-3,10H,9H2,(H,11,12). The van der Waals surface area contributed by atoms with Gasteiger partial charge in [-0.3, -0.25) is 0 Å². The third-order valence-electron chi connectivity index (χ3n) is 1.31. The van der Waals surface area contributed by atoms with Crippen molar-refractivity contribution in [3.63, 3.8) is 0 Å². The SMILES string of the molecule is Nc1cc(NBr)cc(C(=O)O)c1. The zero-order valence-electron chi connectivity index (χ0n) is 6.04. The molecule has 0 aliphatic rings. The van der Waals surface area contributed by atoms with Crippen molar-refractivity contribution >= 4 is 33.5 Å². The van der Waals surface area contributed by atoms with Gasteiger partial charge >= 0.3 is 5.97 Å². The quantitative estimate of drug-likeness (QED) is 0.534. The van der Waals surface area contributed by atoms with Crippen molar-refractivity contribution in [2.24, 2.45) is 0 Å². The lowest BCUT2D eigenvalue weighted by molar-refractivity contribution is 0.0697. The van der Waals surface area contributed by atoms with Crippen LogP contribution in [-0.2, 0) is 0 Å². The normalized spacial score (nSPS) is 9.42. The highest BCUT2D eigenvalue weighted by Gasteiger charge is 2.04. The Kier molecular flexibility index (Phi) is 2.54. The monoisotopic (exact) mass is 230 g/mol. The van der Waals surface area contributed by atoms with Crippen LogP contribution >= 0.6 is 16.1 Å². The van der Waals surface area contributed by atoms with Crippen LogP contribution in [0.1, 0.15) is 10.4 Å². The van der Waals surface area contributed by atoms with Crippen LogP contribution in [0.3, 0.4) is 0 Å². The average molecular weight is 231 g/mol. The predicted octanol–water partition coefficient (Wildman–Crippen LogP) is 1.69. The van der Waals surface area contributed by atoms with Crippen molar-refractivity contribution in [1.82, 2.24) is 0 Å². The average Bonchev–Trinajstić information content (AvgIpc) is 2.03. The summed E-state index contributed by atoms with van der Waals surface area (Å²) in [6.45, 7) is 0. The lowest BCUT2D eigenvalue weighted by Crippen LogP contribution is -1.98. The van der Waals surface area contributed by atoms with E-state index < -0.39 is 5.97 Å². The number of aromatic carboxylic acids is 1. The highest BCUT2D eigenvalue weighted by molar-refractivity contribution is 9.10. The van der Waals surface area contributed by atoms with Crippen molar-refractivity contribution in [3.8, 4) is 0 Å². The maximum atomic E-state index is 10.5. The van der Waals surface area contributed by atoms with Crippen LogP contribution in [0, 0.1) is 0 Å². The van der Waals surface area contributed by atoms with Gasteiger partial charge < -0.3 is 15.2 Å². The first kappa shape index (κ1) is 8.86. The Labute approximate surface area is 77.7 Å². The molecule has 64 valence electrons. The van der Waals surface area contributed by atoms with Crippen LogP contribution in [-0.4, -0.2) is 11.1 Å². The van der Waals surface area contributed by atoms with Gasteiger partial charge in [-0.1, -0.05) is 0 Å². The Hall–Kier alpha value is -1.23. The Balaban J connectivity index is 3.15. The summed E-state index contributed by atoms with van der Waals surface area (Å²) in [5.41, 5.74) is 6.64. The lowest BCUT2D eigenvalue weighted by Gasteiger charge is -2.01. The van der Waals surface area contributed by atoms with E-state index in [0.29, 0.717) is 11.4 Å². The molecule has 0 spiro atoms. The third kappa shape index (κ3) is 1.88. The van der Waals surface area contributed by atoms with Crippen LogP contribution in [0.4, 0.5) is 11.4 Å². The molecule has 0 fully saturated rings. The van der Waals surface area contributed by atoms with Crippen LogP contribution in [0.25, 0.3) is 0 Å². The number of carbonyl (C=O) groups is 1. The van der Waals surface area contributed by atoms with Crippen LogP contribution in [0.15, 0.2) is 18.2 Å². The first-order valence-corrected chi connectivity index (χ1v) is 3.93. The molecule has 0 saturated carbocycles. The topological polar surface area (TPSA) is 75.3 Å². The molecule has 12 heavy (non-hydrogen) atoms. The molecule has 1 aromatic carbocycles. The van der Waals surface area contributed by atoms with Crippen molar-refractivity contribution in [2.75, 3.05) is 10.1 Å². The van der Waals surface area contributed by atoms with Gasteiger partial charge in [0.2, 0.25) is 0 Å². The summed E-state index contributed by atoms with van der Waals surface area (Å²) in [5.74, 6) is -0.994. The molecule has 0 bridgehead atoms. The fourth-order valence-electron chi connectivity index (χ4n) is 0.830. The molecule has 1 aromatic rings. The van der Waals surface area contributed by atoms with E-state index in [4.69, 9.17) is 10.8 Å². The number of nitrogen functional groups attached to an aromatic ring is 1. The first-order chi connectivity index (χ1) is 5.63. The van der Waals surface area contributed by atoms with Gasteiger partial charge in [-0.05, 0) is 18.2 Å². The summed E-state index contributed by atoms with van der Waals surface area (Å²) in [6.07, 6.45) is 0. The van der Waals surface area contributed by atoms with Gasteiger partial charge in [0.15, 0.2) is 0 Å². The second-order valence-electron chi connectivity index (χ2n) is 2.24. The van der Waals surface area contributed by atoms with Crippen LogP contribution < -0.4 is 10.1 Å². The number of carboxylic acid groups (broad SMARTS) is 1. The van der Waals surface area contributed by atoms with E-state index in [1.807, 2.05) is 0 Å². The van der Waals surface area contributed by atoms with Crippen molar-refractivity contribution in [3.05, 3.63) is 23.8 Å². The fraction of sp³-hybridized carbons (Fsp3) is 0. The molecule has 0 unspecified atom stereocenters. The highest BCUT2D eigenvalue weighted by atomic mass is 79.9. The summed E-state index contributed by atoms with van der Waals surface area (Å²) in [6, 6.07) is 4.50. The van der Waals surface area contributed by atoms with Crippen molar-refractivity contribution < 1.29 is 9.90 Å². The second kappa shape index (κ2) is 3.44. The molecule has 0 atom stereocenters. The van der Waals surface area contributed by atoms with E-state index >= 15 is 0 Å². The summed E-state index contributed by atoms with van der Waals surface area (Å²) >= 11 is 2.98. The smallest absolute Gasteiger partial charge is 0.335 e. The van der Waals surface area contributed by atoms with E-state index in [0.717, 1.165) is 0 Å². The number of rotatable bonds is 2. The number of halogens is 1. The lowest BCUT2D eigenvalue weighted by atomic mass is 10.2. The molecule has 0 amide bonds. The number of nitrogens with one attached hydrogen (secondary N) is 1. The maximum absolute atomic E-state index is 10.5. The van der Waals surface area contributed by atoms with Gasteiger partial charge in [0.25, 0.3) is 0 Å². The molecule has 0 radical (unpaired) electrons. The largest absolute Gasteiger partial charge is 0.478 e. The summed E-state index contributed by atoms with van der Waals surface area (Å²) in [5, 5.41) is 8.63. The van der Waals surface area contributed by atoms with E-state index in [2.05, 4.69) is 20.5 Å². The molecule has 0 aromatic heterocycles. The van der Waals surface area contributed by atoms with Crippen molar-refractivity contribution in [2.45, 2.75) is 0 Å². The summed E-state index contributed by atoms with van der Waals surface area (Å²) in [4.78, 5) is 10.5. The molecule has 5 heteroatoms. The minimum Gasteiger partial charge on any atom is -0.478 e. The maximum Gasteiger partial charge on any atom is 0.335 e. The van der Waals surface area contributed by atoms with E-state index in [9.17, 15) is 4.79 Å². The molecule has 4 N–H and O–H groups in total. The zero-order valence-corrected chi connectivity index (χ0v) is 7.63. The second-order valence-corrected chi connectivity index (χ2v) is 2.64. The number of hydrogen-bond acceptors (Lipinski definition) is 3. The molecule has 1 rings (SSSR count). The molecular weight excluding hydrogens is 224 g/mol. The molecule has 0 aliphatic heterocycles. The minimum atomic E-state index is -0.994. The van der Waals surface area contributed by atoms with Crippen LogP contribution in [0.2, 0.25) is 0 Å². The fourth-order valence-corrected chi connectivity index (χ4v) is 1.06. The van der Waals surface area contributed by atoms with E-state index in [-0.39, 0.29) is 5.56 Å². The summed E-state index contributed by atoms with van der Waals surface area (Å²) in [7, 11) is 0. The zero-order chi connectivity index (χ0) is 9.14. The molecule has 0 heterocycles. The number of carboxylic acids is 1. The Morgan fingerprint density at radius 2 is 2.17 bits per heavy atom. The molecular formula is C7H7BrN2O2. The number of benzene rings is 1. The number of anilines is 2. The van der Waals surface area contributed by atoms with Gasteiger partial charge in [-0.2, -0.15) is 0 Å². The van der Waals surface area contributed by atoms with Gasteiger partial charge in [-0.25, -0.2) is 4.79 Å². The van der Waals surface area contributed by atoms with Crippen molar-refractivity contribution in [1.29, 1.82) is 0 Å². The molecule has 0 aliphatic carbocycles. The number of nitrogens with two attached hydrogens (primary N) is 1. The predicted molar refractivity (Wildman–Crippen MR) is 50.4 cm³/mol. The Bertz CT molecular complexity index is 314. The van der Waals surface area contributed by atoms with Gasteiger partial charge in [0, 0.05) is 27.5 Å². The molecule has 0 saturated heterocycles. The Morgan fingerprint density at radius 1 is 1.50 bits per heavy atom. The highest BCUT2D eigenvalue weighted by Crippen LogP contribution is 2.17. The van der Waals surface area contributed by atoms with Gasteiger partial charge in [0.1, 0.15) is 0 Å².